The van der Waals surface area contributed by atoms with E-state index < -0.39 is 0 Å². The van der Waals surface area contributed by atoms with Crippen LogP contribution in [-0.2, 0) is 0 Å². The molecule has 2 aromatic carbocycles. The number of hydrogen-bond donors (Lipinski definition) is 1. The summed E-state index contributed by atoms with van der Waals surface area (Å²) in [5.74, 6) is 0.789. The molecule has 0 fully saturated rings. The predicted molar refractivity (Wildman–Crippen MR) is 92.8 cm³/mol. The van der Waals surface area contributed by atoms with Gasteiger partial charge in [-0.25, -0.2) is 0 Å². The Morgan fingerprint density at radius 1 is 0.955 bits per heavy atom. The molecule has 1 aliphatic carbocycles. The first-order valence-corrected chi connectivity index (χ1v) is 7.96. The molecule has 0 aliphatic heterocycles. The number of allylic oxidation sites excluding steroid dienone is 2. The number of rotatable bonds is 4. The lowest BCUT2D eigenvalue weighted by Gasteiger charge is -2.18. The van der Waals surface area contributed by atoms with Crippen molar-refractivity contribution in [3.8, 4) is 0 Å². The quantitative estimate of drug-likeness (QED) is 0.638. The lowest BCUT2D eigenvalue weighted by molar-refractivity contribution is 0.498. The maximum Gasteiger partial charge on any atom is 0.0977 e. The number of benzene rings is 2. The predicted octanol–water partition coefficient (Wildman–Crippen LogP) is 4.73. The van der Waals surface area contributed by atoms with E-state index in [-0.39, 0.29) is 0 Å². The van der Waals surface area contributed by atoms with E-state index in [9.17, 15) is 0 Å². The molecule has 22 heavy (non-hydrogen) atoms. The molecule has 0 spiro atoms. The average Bonchev–Trinajstić information content (AvgIpc) is 2.59. The Balaban J connectivity index is 1.87. The fraction of sp³-hybridized carbons (Fsp3) is 0.250. The standard InChI is InChI=1S/C20H22N2/c1-16-12-14-19(15-13-16)21-22-20(17-8-4-2-5-9-17)18-10-6-3-7-11-18/h2-11,14,16,21H,12-13,15H2,1H3/t16-/m1/s1. The van der Waals surface area contributed by atoms with Gasteiger partial charge < -0.3 is 0 Å². The van der Waals surface area contributed by atoms with Gasteiger partial charge in [0.1, 0.15) is 0 Å². The second-order valence-electron chi connectivity index (χ2n) is 5.91. The van der Waals surface area contributed by atoms with Crippen LogP contribution >= 0.6 is 0 Å². The molecule has 112 valence electrons. The van der Waals surface area contributed by atoms with Gasteiger partial charge in [0.05, 0.1) is 5.71 Å². The summed E-state index contributed by atoms with van der Waals surface area (Å²) in [5.41, 5.74) is 7.77. The maximum absolute atomic E-state index is 4.71. The highest BCUT2D eigenvalue weighted by Crippen LogP contribution is 2.21. The van der Waals surface area contributed by atoms with E-state index in [2.05, 4.69) is 67.0 Å². The normalized spacial score (nSPS) is 17.5. The molecule has 2 nitrogen and oxygen atoms in total. The van der Waals surface area contributed by atoms with Crippen molar-refractivity contribution in [1.29, 1.82) is 0 Å². The van der Waals surface area contributed by atoms with E-state index in [4.69, 9.17) is 5.10 Å². The maximum atomic E-state index is 4.71. The highest BCUT2D eigenvalue weighted by atomic mass is 15.3. The van der Waals surface area contributed by atoms with Crippen LogP contribution in [0.1, 0.15) is 37.3 Å². The van der Waals surface area contributed by atoms with Crippen LogP contribution in [0.15, 0.2) is 77.5 Å². The van der Waals surface area contributed by atoms with Crippen LogP contribution in [0.25, 0.3) is 0 Å². The zero-order valence-electron chi connectivity index (χ0n) is 13.0. The molecule has 0 saturated heterocycles. The Hall–Kier alpha value is -2.35. The molecule has 2 heteroatoms. The summed E-state index contributed by atoms with van der Waals surface area (Å²) >= 11 is 0. The van der Waals surface area contributed by atoms with E-state index in [1.165, 1.54) is 12.1 Å². The number of nitrogens with one attached hydrogen (secondary N) is 1. The molecule has 0 unspecified atom stereocenters. The van der Waals surface area contributed by atoms with Crippen LogP contribution in [0.3, 0.4) is 0 Å². The van der Waals surface area contributed by atoms with Crippen molar-refractivity contribution in [2.75, 3.05) is 0 Å². The summed E-state index contributed by atoms with van der Waals surface area (Å²) in [4.78, 5) is 0. The fourth-order valence-electron chi connectivity index (χ4n) is 2.68. The third kappa shape index (κ3) is 3.64. The van der Waals surface area contributed by atoms with Crippen LogP contribution in [0.5, 0.6) is 0 Å². The van der Waals surface area contributed by atoms with Crippen molar-refractivity contribution in [2.24, 2.45) is 11.0 Å². The molecule has 2 aromatic rings. The van der Waals surface area contributed by atoms with Crippen LogP contribution < -0.4 is 5.43 Å². The monoisotopic (exact) mass is 290 g/mol. The zero-order valence-corrected chi connectivity index (χ0v) is 13.0. The molecule has 1 atom stereocenters. The summed E-state index contributed by atoms with van der Waals surface area (Å²) in [6.07, 6.45) is 5.75. The van der Waals surface area contributed by atoms with Crippen molar-refractivity contribution in [3.05, 3.63) is 83.6 Å². The van der Waals surface area contributed by atoms with Gasteiger partial charge in [-0.3, -0.25) is 5.43 Å². The molecular weight excluding hydrogens is 268 g/mol. The first-order chi connectivity index (χ1) is 10.8. The van der Waals surface area contributed by atoms with Crippen LogP contribution in [0.2, 0.25) is 0 Å². The first kappa shape index (κ1) is 14.6. The van der Waals surface area contributed by atoms with E-state index in [1.54, 1.807) is 0 Å². The molecule has 1 aliphatic rings. The lowest BCUT2D eigenvalue weighted by Crippen LogP contribution is -2.15. The number of hydrogen-bond acceptors (Lipinski definition) is 2. The van der Waals surface area contributed by atoms with E-state index in [0.29, 0.717) is 0 Å². The van der Waals surface area contributed by atoms with Crippen molar-refractivity contribution >= 4 is 5.71 Å². The van der Waals surface area contributed by atoms with Gasteiger partial charge in [-0.1, -0.05) is 73.7 Å². The minimum absolute atomic E-state index is 0.789. The van der Waals surface area contributed by atoms with Gasteiger partial charge in [-0.15, -0.1) is 0 Å². The lowest BCUT2D eigenvalue weighted by atomic mass is 9.95. The number of hydrazone groups is 1. The summed E-state index contributed by atoms with van der Waals surface area (Å²) < 4.78 is 0. The minimum atomic E-state index is 0.789. The topological polar surface area (TPSA) is 24.4 Å². The summed E-state index contributed by atoms with van der Waals surface area (Å²) in [5, 5.41) is 4.71. The van der Waals surface area contributed by atoms with Crippen molar-refractivity contribution in [1.82, 2.24) is 5.43 Å². The highest BCUT2D eigenvalue weighted by Gasteiger charge is 2.11. The molecule has 0 heterocycles. The van der Waals surface area contributed by atoms with Gasteiger partial charge in [-0.2, -0.15) is 5.10 Å². The number of nitrogens with zero attached hydrogens (tertiary/aromatic N) is 1. The van der Waals surface area contributed by atoms with Crippen molar-refractivity contribution in [3.63, 3.8) is 0 Å². The Morgan fingerprint density at radius 2 is 1.55 bits per heavy atom. The fourth-order valence-corrected chi connectivity index (χ4v) is 2.68. The molecular formula is C20H22N2. The third-order valence-electron chi connectivity index (χ3n) is 4.08. The first-order valence-electron chi connectivity index (χ1n) is 7.96. The van der Waals surface area contributed by atoms with Gasteiger partial charge in [-0.05, 0) is 25.2 Å². The summed E-state index contributed by atoms with van der Waals surface area (Å²) in [6, 6.07) is 20.7. The molecule has 0 radical (unpaired) electrons. The zero-order chi connectivity index (χ0) is 15.2. The second kappa shape index (κ2) is 7.08. The molecule has 0 saturated carbocycles. The Bertz CT molecular complexity index is 615. The van der Waals surface area contributed by atoms with Gasteiger partial charge >= 0.3 is 0 Å². The van der Waals surface area contributed by atoms with Crippen molar-refractivity contribution in [2.45, 2.75) is 26.2 Å². The molecule has 0 aromatic heterocycles. The average molecular weight is 290 g/mol. The van der Waals surface area contributed by atoms with Gasteiger partial charge in [0.15, 0.2) is 0 Å². The Morgan fingerprint density at radius 3 is 2.05 bits per heavy atom. The van der Waals surface area contributed by atoms with Crippen molar-refractivity contribution < 1.29 is 0 Å². The molecule has 1 N–H and O–H groups in total. The third-order valence-corrected chi connectivity index (χ3v) is 4.08. The van der Waals surface area contributed by atoms with Gasteiger partial charge in [0.25, 0.3) is 0 Å². The van der Waals surface area contributed by atoms with E-state index in [0.717, 1.165) is 35.6 Å². The Labute approximate surface area is 132 Å². The van der Waals surface area contributed by atoms with Gasteiger partial charge in [0, 0.05) is 16.8 Å². The van der Waals surface area contributed by atoms with E-state index >= 15 is 0 Å². The molecule has 0 bridgehead atoms. The van der Waals surface area contributed by atoms with E-state index in [1.807, 2.05) is 12.1 Å². The van der Waals surface area contributed by atoms with Crippen LogP contribution in [0.4, 0.5) is 0 Å². The summed E-state index contributed by atoms with van der Waals surface area (Å²) in [7, 11) is 0. The largest absolute Gasteiger partial charge is 0.282 e. The summed E-state index contributed by atoms with van der Waals surface area (Å²) in [6.45, 7) is 2.30. The minimum Gasteiger partial charge on any atom is -0.282 e. The smallest absolute Gasteiger partial charge is 0.0977 e. The SMILES string of the molecule is C[C@@H]1CC=C(NN=C(c2ccccc2)c2ccccc2)CC1. The second-order valence-corrected chi connectivity index (χ2v) is 5.91. The molecule has 3 rings (SSSR count). The van der Waals surface area contributed by atoms with Gasteiger partial charge in [0.2, 0.25) is 0 Å². The Kier molecular flexibility index (Phi) is 4.69. The van der Waals surface area contributed by atoms with Crippen LogP contribution in [-0.4, -0.2) is 5.71 Å². The highest BCUT2D eigenvalue weighted by molar-refractivity contribution is 6.12. The molecule has 0 amide bonds. The van der Waals surface area contributed by atoms with Crippen LogP contribution in [0, 0.1) is 5.92 Å².